The predicted molar refractivity (Wildman–Crippen MR) is 117 cm³/mol. The van der Waals surface area contributed by atoms with Crippen LogP contribution in [0, 0.1) is 5.82 Å². The molecule has 3 rings (SSSR count). The largest absolute Gasteiger partial charge is 0.362 e. The molecule has 0 aliphatic heterocycles. The molecule has 1 aliphatic rings. The second kappa shape index (κ2) is 9.80. The molecule has 1 atom stereocenters. The van der Waals surface area contributed by atoms with Crippen LogP contribution in [0.3, 0.4) is 0 Å². The van der Waals surface area contributed by atoms with Crippen molar-refractivity contribution in [3.8, 4) is 11.3 Å². The minimum atomic E-state index is -3.27. The molecule has 0 bridgehead atoms. The monoisotopic (exact) mass is 420 g/mol. The molecule has 1 aromatic carbocycles. The molecular formula is C21H25FN2O2S2. The molecule has 4 nitrogen and oxygen atoms in total. The van der Waals surface area contributed by atoms with Crippen LogP contribution in [0.25, 0.3) is 11.3 Å². The van der Waals surface area contributed by atoms with Gasteiger partial charge >= 0.3 is 0 Å². The van der Waals surface area contributed by atoms with Gasteiger partial charge in [0.05, 0.1) is 10.6 Å². The highest BCUT2D eigenvalue weighted by atomic mass is 32.2. The maximum absolute atomic E-state index is 13.3. The third-order valence-electron chi connectivity index (χ3n) is 3.88. The van der Waals surface area contributed by atoms with E-state index in [0.29, 0.717) is 0 Å². The van der Waals surface area contributed by atoms with Crippen LogP contribution in [-0.4, -0.2) is 26.2 Å². The lowest BCUT2D eigenvalue weighted by molar-refractivity contribution is 0.608. The normalized spacial score (nSPS) is 16.0. The lowest BCUT2D eigenvalue weighted by Gasteiger charge is -2.07. The first-order valence-electron chi connectivity index (χ1n) is 9.15. The van der Waals surface area contributed by atoms with Gasteiger partial charge in [-0.15, -0.1) is 11.3 Å². The van der Waals surface area contributed by atoms with E-state index in [4.69, 9.17) is 0 Å². The van der Waals surface area contributed by atoms with E-state index in [0.717, 1.165) is 27.8 Å². The van der Waals surface area contributed by atoms with Crippen molar-refractivity contribution < 1.29 is 12.8 Å². The maximum Gasteiger partial charge on any atom is 0.183 e. The van der Waals surface area contributed by atoms with Crippen LogP contribution in [0.15, 0.2) is 59.6 Å². The van der Waals surface area contributed by atoms with E-state index in [9.17, 15) is 12.8 Å². The Hall–Kier alpha value is -2.25. The van der Waals surface area contributed by atoms with Crippen molar-refractivity contribution in [3.05, 3.63) is 70.2 Å². The van der Waals surface area contributed by atoms with E-state index in [-0.39, 0.29) is 16.6 Å². The lowest BCUT2D eigenvalue weighted by Crippen LogP contribution is -1.97. The summed E-state index contributed by atoms with van der Waals surface area (Å²) in [5, 5.41) is 4.00. The number of benzene rings is 1. The van der Waals surface area contributed by atoms with Crippen LogP contribution in [0.4, 0.5) is 9.52 Å². The smallest absolute Gasteiger partial charge is 0.183 e. The standard InChI is InChI=1S/C19H19FN2O2S2.C2H6/c1-3-21-19-22-17(13-7-10-15(20)11-8-13)18(25-19)14-5-4-6-16(12-9-14)26(2,23)24;1-2/h4-12,14H,3H2,1-2H3,(H,21,22);1-2H3. The molecule has 0 spiro atoms. The number of halogens is 1. The number of thiazole rings is 1. The Morgan fingerprint density at radius 1 is 1.18 bits per heavy atom. The molecule has 1 unspecified atom stereocenters. The summed E-state index contributed by atoms with van der Waals surface area (Å²) in [6.07, 6.45) is 9.95. The summed E-state index contributed by atoms with van der Waals surface area (Å²) >= 11 is 1.52. The molecule has 0 amide bonds. The molecule has 7 heteroatoms. The number of anilines is 1. The summed E-state index contributed by atoms with van der Waals surface area (Å²) < 4.78 is 36.8. The van der Waals surface area contributed by atoms with E-state index in [1.54, 1.807) is 30.4 Å². The van der Waals surface area contributed by atoms with Crippen molar-refractivity contribution in [2.45, 2.75) is 26.7 Å². The number of hydrogen-bond acceptors (Lipinski definition) is 5. The zero-order valence-corrected chi connectivity index (χ0v) is 18.1. The molecule has 1 aliphatic carbocycles. The molecule has 1 heterocycles. The van der Waals surface area contributed by atoms with Gasteiger partial charge in [0.1, 0.15) is 5.82 Å². The van der Waals surface area contributed by atoms with E-state index < -0.39 is 9.84 Å². The fourth-order valence-corrected chi connectivity index (χ4v) is 4.38. The summed E-state index contributed by atoms with van der Waals surface area (Å²) in [7, 11) is -3.27. The topological polar surface area (TPSA) is 59.1 Å². The molecule has 1 N–H and O–H groups in total. The first kappa shape index (κ1) is 22.0. The molecule has 0 fully saturated rings. The summed E-state index contributed by atoms with van der Waals surface area (Å²) in [4.78, 5) is 5.90. The first-order valence-corrected chi connectivity index (χ1v) is 11.9. The van der Waals surface area contributed by atoms with Gasteiger partial charge in [-0.2, -0.15) is 0 Å². The van der Waals surface area contributed by atoms with Gasteiger partial charge in [-0.25, -0.2) is 17.8 Å². The van der Waals surface area contributed by atoms with Crippen LogP contribution >= 0.6 is 11.3 Å². The third kappa shape index (κ3) is 5.39. The van der Waals surface area contributed by atoms with Crippen molar-refractivity contribution in [1.82, 2.24) is 4.98 Å². The van der Waals surface area contributed by atoms with Crippen molar-refractivity contribution in [1.29, 1.82) is 0 Å². The Kier molecular flexibility index (Phi) is 7.71. The molecule has 1 aromatic heterocycles. The molecule has 0 saturated heterocycles. The minimum Gasteiger partial charge on any atom is -0.362 e. The quantitative estimate of drug-likeness (QED) is 0.689. The van der Waals surface area contributed by atoms with Gasteiger partial charge in [0, 0.05) is 29.2 Å². The van der Waals surface area contributed by atoms with Gasteiger partial charge in [-0.05, 0) is 43.3 Å². The Bertz CT molecular complexity index is 988. The molecular weight excluding hydrogens is 395 g/mol. The summed E-state index contributed by atoms with van der Waals surface area (Å²) in [5.74, 6) is -0.413. The van der Waals surface area contributed by atoms with Gasteiger partial charge in [0.2, 0.25) is 0 Å². The van der Waals surface area contributed by atoms with Crippen LogP contribution < -0.4 is 5.32 Å². The summed E-state index contributed by atoms with van der Waals surface area (Å²) in [6, 6.07) is 6.22. The zero-order chi connectivity index (χ0) is 20.7. The Morgan fingerprint density at radius 3 is 2.46 bits per heavy atom. The fourth-order valence-electron chi connectivity index (χ4n) is 2.61. The number of nitrogens with zero attached hydrogens (tertiary/aromatic N) is 1. The number of sulfone groups is 1. The molecule has 2 aromatic rings. The van der Waals surface area contributed by atoms with Crippen LogP contribution in [0.5, 0.6) is 0 Å². The summed E-state index contributed by atoms with van der Waals surface area (Å²) in [5.41, 5.74) is 1.59. The number of hydrogen-bond donors (Lipinski definition) is 1. The van der Waals surface area contributed by atoms with Crippen molar-refractivity contribution >= 4 is 26.3 Å². The average Bonchev–Trinajstić information content (AvgIpc) is 2.91. The van der Waals surface area contributed by atoms with Crippen molar-refractivity contribution in [2.24, 2.45) is 0 Å². The van der Waals surface area contributed by atoms with Crippen molar-refractivity contribution in [3.63, 3.8) is 0 Å². The van der Waals surface area contributed by atoms with E-state index >= 15 is 0 Å². The Labute approximate surface area is 170 Å². The van der Waals surface area contributed by atoms with E-state index in [1.807, 2.05) is 32.9 Å². The highest BCUT2D eigenvalue weighted by molar-refractivity contribution is 7.94. The van der Waals surface area contributed by atoms with Crippen molar-refractivity contribution in [2.75, 3.05) is 18.1 Å². The van der Waals surface area contributed by atoms with Gasteiger partial charge < -0.3 is 5.32 Å². The SMILES string of the molecule is CC.CCNc1nc(-c2ccc(F)cc2)c(C2C=CC=C(S(C)(=O)=O)C=C2)s1. The van der Waals surface area contributed by atoms with Crippen LogP contribution in [0.1, 0.15) is 31.6 Å². The summed E-state index contributed by atoms with van der Waals surface area (Å²) in [6.45, 7) is 6.73. The highest BCUT2D eigenvalue weighted by Gasteiger charge is 2.20. The van der Waals surface area contributed by atoms with Crippen LogP contribution in [-0.2, 0) is 9.84 Å². The Balaban J connectivity index is 0.00000136. The number of nitrogens with one attached hydrogen (secondary N) is 1. The fraction of sp³-hybridized carbons (Fsp3) is 0.286. The number of rotatable bonds is 5. The zero-order valence-electron chi connectivity index (χ0n) is 16.4. The third-order valence-corrected chi connectivity index (χ3v) is 6.12. The van der Waals surface area contributed by atoms with Gasteiger partial charge in [-0.3, -0.25) is 0 Å². The highest BCUT2D eigenvalue weighted by Crippen LogP contribution is 2.38. The van der Waals surface area contributed by atoms with Gasteiger partial charge in [0.15, 0.2) is 15.0 Å². The molecule has 150 valence electrons. The average molecular weight is 421 g/mol. The number of allylic oxidation sites excluding steroid dienone is 5. The number of aromatic nitrogens is 1. The second-order valence-corrected chi connectivity index (χ2v) is 8.93. The van der Waals surface area contributed by atoms with Gasteiger partial charge in [-0.1, -0.05) is 32.1 Å². The predicted octanol–water partition coefficient (Wildman–Crippen LogP) is 5.55. The maximum atomic E-state index is 13.3. The second-order valence-electron chi connectivity index (χ2n) is 5.88. The van der Waals surface area contributed by atoms with E-state index in [1.165, 1.54) is 29.7 Å². The molecule has 28 heavy (non-hydrogen) atoms. The van der Waals surface area contributed by atoms with Gasteiger partial charge in [0.25, 0.3) is 0 Å². The first-order chi connectivity index (χ1) is 13.4. The Morgan fingerprint density at radius 2 is 1.86 bits per heavy atom. The molecule has 0 saturated carbocycles. The lowest BCUT2D eigenvalue weighted by atomic mass is 10.0. The minimum absolute atomic E-state index is 0.115. The molecule has 0 radical (unpaired) electrons. The van der Waals surface area contributed by atoms with E-state index in [2.05, 4.69) is 10.3 Å². The van der Waals surface area contributed by atoms with Crippen LogP contribution in [0.2, 0.25) is 0 Å².